The zero-order valence-corrected chi connectivity index (χ0v) is 21.2. The number of nitrogens with one attached hydrogen (secondary N) is 1. The molecule has 37 heavy (non-hydrogen) atoms. The van der Waals surface area contributed by atoms with Crippen molar-refractivity contribution in [1.82, 2.24) is 14.8 Å². The Labute approximate surface area is 217 Å². The summed E-state index contributed by atoms with van der Waals surface area (Å²) in [4.78, 5) is 28.3. The Kier molecular flexibility index (Phi) is 6.62. The normalized spacial score (nSPS) is 15.8. The van der Waals surface area contributed by atoms with Gasteiger partial charge >= 0.3 is 0 Å². The van der Waals surface area contributed by atoms with Gasteiger partial charge in [-0.1, -0.05) is 42.5 Å². The predicted octanol–water partition coefficient (Wildman–Crippen LogP) is 5.45. The van der Waals surface area contributed by atoms with Crippen molar-refractivity contribution in [1.29, 1.82) is 0 Å². The summed E-state index contributed by atoms with van der Waals surface area (Å²) in [5, 5.41) is 4.65. The first-order chi connectivity index (χ1) is 18.1. The molecule has 1 amide bonds. The van der Waals surface area contributed by atoms with Crippen LogP contribution >= 0.6 is 0 Å². The molecule has 2 aliphatic rings. The minimum absolute atomic E-state index is 0.0124. The summed E-state index contributed by atoms with van der Waals surface area (Å²) in [6.45, 7) is 4.70. The van der Waals surface area contributed by atoms with E-state index in [9.17, 15) is 9.59 Å². The zero-order chi connectivity index (χ0) is 25.2. The predicted molar refractivity (Wildman–Crippen MR) is 149 cm³/mol. The molecular weight excluding hydrogens is 458 g/mol. The van der Waals surface area contributed by atoms with Crippen LogP contribution in [0.4, 0.5) is 0 Å². The largest absolute Gasteiger partial charge is 0.352 e. The van der Waals surface area contributed by atoms with Gasteiger partial charge in [-0.05, 0) is 103 Å². The van der Waals surface area contributed by atoms with Gasteiger partial charge in [0, 0.05) is 30.2 Å². The Morgan fingerprint density at radius 3 is 2.32 bits per heavy atom. The van der Waals surface area contributed by atoms with Crippen molar-refractivity contribution >= 4 is 16.7 Å². The monoisotopic (exact) mass is 491 g/mol. The van der Waals surface area contributed by atoms with Crippen LogP contribution in [0.3, 0.4) is 0 Å². The lowest BCUT2D eigenvalue weighted by molar-refractivity contribution is 0.0952. The van der Waals surface area contributed by atoms with Gasteiger partial charge in [-0.25, -0.2) is 0 Å². The molecule has 5 heteroatoms. The van der Waals surface area contributed by atoms with Gasteiger partial charge in [0.15, 0.2) is 0 Å². The van der Waals surface area contributed by atoms with E-state index in [-0.39, 0.29) is 11.5 Å². The van der Waals surface area contributed by atoms with Gasteiger partial charge in [0.25, 0.3) is 11.5 Å². The number of likely N-dealkylation sites (tertiary alicyclic amines) is 1. The van der Waals surface area contributed by atoms with Gasteiger partial charge in [-0.2, -0.15) is 0 Å². The summed E-state index contributed by atoms with van der Waals surface area (Å²) in [5.74, 6) is 0.623. The van der Waals surface area contributed by atoms with Crippen molar-refractivity contribution in [3.8, 4) is 11.1 Å². The highest BCUT2D eigenvalue weighted by atomic mass is 16.1. The van der Waals surface area contributed by atoms with Crippen LogP contribution in [0, 0.1) is 5.92 Å². The molecule has 1 saturated carbocycles. The molecule has 2 heterocycles. The summed E-state index contributed by atoms with van der Waals surface area (Å²) in [5.41, 5.74) is 5.10. The van der Waals surface area contributed by atoms with Crippen LogP contribution in [0.5, 0.6) is 0 Å². The van der Waals surface area contributed by atoms with E-state index in [2.05, 4.69) is 34.5 Å². The third-order valence-corrected chi connectivity index (χ3v) is 7.66. The summed E-state index contributed by atoms with van der Waals surface area (Å²) >= 11 is 0. The van der Waals surface area contributed by atoms with Gasteiger partial charge in [-0.3, -0.25) is 14.5 Å². The van der Waals surface area contributed by atoms with Crippen LogP contribution in [0.25, 0.3) is 21.9 Å². The summed E-state index contributed by atoms with van der Waals surface area (Å²) in [7, 11) is 0. The lowest BCUT2D eigenvalue weighted by Gasteiger charge is -2.15. The third kappa shape index (κ3) is 5.52. The minimum Gasteiger partial charge on any atom is -0.352 e. The number of amides is 1. The average Bonchev–Trinajstić information content (AvgIpc) is 3.63. The molecule has 188 valence electrons. The number of aromatic nitrogens is 1. The number of rotatable bonds is 8. The first kappa shape index (κ1) is 23.7. The molecule has 5 nitrogen and oxygen atoms in total. The Bertz CT molecular complexity index is 1480. The van der Waals surface area contributed by atoms with Crippen molar-refractivity contribution in [2.75, 3.05) is 19.6 Å². The second-order valence-electron chi connectivity index (χ2n) is 10.6. The van der Waals surface area contributed by atoms with Crippen LogP contribution in [0.2, 0.25) is 0 Å². The van der Waals surface area contributed by atoms with E-state index in [1.54, 1.807) is 4.57 Å². The SMILES string of the molecule is O=C(NCC1CC1)c1cccc(-c2ccc3c(=O)n(Cc4ccc(CN5CCCC5)cc4)ccc3c2)c1. The fourth-order valence-corrected chi connectivity index (χ4v) is 5.24. The molecule has 1 N–H and O–H groups in total. The highest BCUT2D eigenvalue weighted by molar-refractivity contribution is 5.96. The van der Waals surface area contributed by atoms with Crippen molar-refractivity contribution in [3.63, 3.8) is 0 Å². The molecule has 1 aromatic heterocycles. The van der Waals surface area contributed by atoms with Crippen LogP contribution in [-0.2, 0) is 13.1 Å². The fourth-order valence-electron chi connectivity index (χ4n) is 5.24. The Morgan fingerprint density at radius 1 is 0.838 bits per heavy atom. The van der Waals surface area contributed by atoms with E-state index < -0.39 is 0 Å². The molecule has 6 rings (SSSR count). The Balaban J connectivity index is 1.18. The summed E-state index contributed by atoms with van der Waals surface area (Å²) in [6.07, 6.45) is 6.91. The number of hydrogen-bond acceptors (Lipinski definition) is 3. The average molecular weight is 492 g/mol. The lowest BCUT2D eigenvalue weighted by atomic mass is 10.00. The van der Waals surface area contributed by atoms with Crippen molar-refractivity contribution in [3.05, 3.63) is 106 Å². The van der Waals surface area contributed by atoms with Gasteiger partial charge in [0.1, 0.15) is 0 Å². The maximum Gasteiger partial charge on any atom is 0.258 e. The number of hydrogen-bond donors (Lipinski definition) is 1. The first-order valence-corrected chi connectivity index (χ1v) is 13.4. The van der Waals surface area contributed by atoms with Gasteiger partial charge in [0.05, 0.1) is 6.54 Å². The fraction of sp³-hybridized carbons (Fsp3) is 0.312. The second kappa shape index (κ2) is 10.3. The molecule has 1 aliphatic carbocycles. The van der Waals surface area contributed by atoms with Crippen LogP contribution in [0.15, 0.2) is 83.8 Å². The highest BCUT2D eigenvalue weighted by Gasteiger charge is 2.22. The summed E-state index contributed by atoms with van der Waals surface area (Å²) < 4.78 is 1.78. The molecule has 1 saturated heterocycles. The quantitative estimate of drug-likeness (QED) is 0.357. The minimum atomic E-state index is -0.0264. The Hall–Kier alpha value is -3.70. The molecule has 3 aromatic carbocycles. The van der Waals surface area contributed by atoms with E-state index in [1.807, 2.05) is 54.7 Å². The number of carbonyl (C=O) groups is 1. The van der Waals surface area contributed by atoms with E-state index >= 15 is 0 Å². The van der Waals surface area contributed by atoms with Crippen LogP contribution in [-0.4, -0.2) is 35.0 Å². The van der Waals surface area contributed by atoms with Crippen molar-refractivity contribution < 1.29 is 4.79 Å². The van der Waals surface area contributed by atoms with Crippen molar-refractivity contribution in [2.24, 2.45) is 5.92 Å². The van der Waals surface area contributed by atoms with Gasteiger partial charge < -0.3 is 9.88 Å². The molecule has 0 atom stereocenters. The van der Waals surface area contributed by atoms with E-state index in [4.69, 9.17) is 0 Å². The highest BCUT2D eigenvalue weighted by Crippen LogP contribution is 2.28. The molecular formula is C32H33N3O2. The standard InChI is InChI=1S/C32H33N3O2/c36-31(33-20-23-6-7-23)29-5-3-4-26(19-29)27-12-13-30-28(18-27)14-17-35(32(30)37)22-25-10-8-24(9-11-25)21-34-15-1-2-16-34/h3-5,8-14,17-19,23H,1-2,6-7,15-16,20-22H2,(H,33,36). The number of carbonyl (C=O) groups excluding carboxylic acids is 1. The smallest absolute Gasteiger partial charge is 0.258 e. The number of fused-ring (bicyclic) bond motifs is 1. The molecule has 2 fully saturated rings. The third-order valence-electron chi connectivity index (χ3n) is 7.66. The second-order valence-corrected chi connectivity index (χ2v) is 10.6. The van der Waals surface area contributed by atoms with Gasteiger partial charge in [-0.15, -0.1) is 0 Å². The number of pyridine rings is 1. The Morgan fingerprint density at radius 2 is 1.57 bits per heavy atom. The molecule has 0 spiro atoms. The molecule has 0 radical (unpaired) electrons. The molecule has 4 aromatic rings. The molecule has 0 bridgehead atoms. The molecule has 1 aliphatic heterocycles. The molecule has 0 unspecified atom stereocenters. The van der Waals surface area contributed by atoms with E-state index in [1.165, 1.54) is 44.3 Å². The zero-order valence-electron chi connectivity index (χ0n) is 21.2. The van der Waals surface area contributed by atoms with E-state index in [0.717, 1.165) is 35.2 Å². The maximum atomic E-state index is 13.3. The number of benzene rings is 3. The van der Waals surface area contributed by atoms with E-state index in [0.29, 0.717) is 23.4 Å². The summed E-state index contributed by atoms with van der Waals surface area (Å²) in [6, 6.07) is 24.3. The first-order valence-electron chi connectivity index (χ1n) is 13.4. The maximum absolute atomic E-state index is 13.3. The number of nitrogens with zero attached hydrogens (tertiary/aromatic N) is 2. The van der Waals surface area contributed by atoms with Crippen molar-refractivity contribution in [2.45, 2.75) is 38.8 Å². The topological polar surface area (TPSA) is 54.3 Å². The van der Waals surface area contributed by atoms with Crippen LogP contribution < -0.4 is 10.9 Å². The lowest BCUT2D eigenvalue weighted by Crippen LogP contribution is -2.25. The van der Waals surface area contributed by atoms with Gasteiger partial charge in [0.2, 0.25) is 0 Å². The van der Waals surface area contributed by atoms with Crippen LogP contribution in [0.1, 0.15) is 47.2 Å².